The highest BCUT2D eigenvalue weighted by molar-refractivity contribution is 7.99. The van der Waals surface area contributed by atoms with Crippen molar-refractivity contribution in [2.45, 2.75) is 38.0 Å². The maximum atomic E-state index is 12.1. The molecule has 6 nitrogen and oxygen atoms in total. The number of nitrogens with one attached hydrogen (secondary N) is 1. The Labute approximate surface area is 157 Å². The minimum atomic E-state index is -0.0636. The summed E-state index contributed by atoms with van der Waals surface area (Å²) in [6.45, 7) is 4.65. The monoisotopic (exact) mass is 370 g/mol. The predicted octanol–water partition coefficient (Wildman–Crippen LogP) is 3.92. The SMILES string of the molecule is CC[C@H](C)n1c(SCC(=O)NCc2ccco2)nnc1-c1ccccc1. The average Bonchev–Trinajstić information content (AvgIpc) is 3.34. The minimum Gasteiger partial charge on any atom is -0.467 e. The zero-order valence-corrected chi connectivity index (χ0v) is 15.7. The van der Waals surface area contributed by atoms with Crippen LogP contribution >= 0.6 is 11.8 Å². The lowest BCUT2D eigenvalue weighted by Crippen LogP contribution is -2.24. The summed E-state index contributed by atoms with van der Waals surface area (Å²) in [5, 5.41) is 12.3. The van der Waals surface area contributed by atoms with Gasteiger partial charge < -0.3 is 9.73 Å². The molecule has 1 atom stereocenters. The molecule has 3 aromatic rings. The van der Waals surface area contributed by atoms with Crippen LogP contribution in [0.4, 0.5) is 0 Å². The molecule has 2 aromatic heterocycles. The summed E-state index contributed by atoms with van der Waals surface area (Å²) in [7, 11) is 0. The number of rotatable bonds is 8. The van der Waals surface area contributed by atoms with Crippen LogP contribution in [0.25, 0.3) is 11.4 Å². The van der Waals surface area contributed by atoms with Crippen molar-refractivity contribution in [3.05, 3.63) is 54.5 Å². The largest absolute Gasteiger partial charge is 0.467 e. The van der Waals surface area contributed by atoms with Gasteiger partial charge in [0.2, 0.25) is 5.91 Å². The van der Waals surface area contributed by atoms with Gasteiger partial charge in [-0.05, 0) is 25.5 Å². The number of aromatic nitrogens is 3. The zero-order valence-electron chi connectivity index (χ0n) is 14.9. The van der Waals surface area contributed by atoms with Gasteiger partial charge in [-0.3, -0.25) is 9.36 Å². The van der Waals surface area contributed by atoms with Gasteiger partial charge in [-0.15, -0.1) is 10.2 Å². The van der Waals surface area contributed by atoms with E-state index in [-0.39, 0.29) is 17.7 Å². The van der Waals surface area contributed by atoms with Gasteiger partial charge in [0.1, 0.15) is 5.76 Å². The molecule has 0 bridgehead atoms. The van der Waals surface area contributed by atoms with E-state index in [1.54, 1.807) is 12.3 Å². The fraction of sp³-hybridized carbons (Fsp3) is 0.316. The van der Waals surface area contributed by atoms with Gasteiger partial charge >= 0.3 is 0 Å². The van der Waals surface area contributed by atoms with Crippen LogP contribution in [0.2, 0.25) is 0 Å². The van der Waals surface area contributed by atoms with Crippen molar-refractivity contribution in [2.24, 2.45) is 0 Å². The van der Waals surface area contributed by atoms with E-state index in [0.29, 0.717) is 6.54 Å². The molecule has 0 aliphatic carbocycles. The van der Waals surface area contributed by atoms with Crippen LogP contribution in [0.15, 0.2) is 58.3 Å². The summed E-state index contributed by atoms with van der Waals surface area (Å²) in [6, 6.07) is 13.9. The molecular weight excluding hydrogens is 348 g/mol. The Kier molecular flexibility index (Phi) is 6.12. The second kappa shape index (κ2) is 8.71. The first-order chi connectivity index (χ1) is 12.7. The van der Waals surface area contributed by atoms with Gasteiger partial charge in [-0.1, -0.05) is 49.0 Å². The number of carbonyl (C=O) groups excluding carboxylic acids is 1. The topological polar surface area (TPSA) is 73.0 Å². The number of nitrogens with zero attached hydrogens (tertiary/aromatic N) is 3. The summed E-state index contributed by atoms with van der Waals surface area (Å²) < 4.78 is 7.33. The Hall–Kier alpha value is -2.54. The van der Waals surface area contributed by atoms with E-state index in [0.717, 1.165) is 28.7 Å². The normalized spacial score (nSPS) is 12.1. The number of hydrogen-bond donors (Lipinski definition) is 1. The molecule has 0 spiro atoms. The molecule has 0 aliphatic heterocycles. The van der Waals surface area contributed by atoms with Crippen LogP contribution in [0, 0.1) is 0 Å². The number of hydrogen-bond acceptors (Lipinski definition) is 5. The smallest absolute Gasteiger partial charge is 0.230 e. The van der Waals surface area contributed by atoms with E-state index in [2.05, 4.69) is 33.9 Å². The van der Waals surface area contributed by atoms with Crippen LogP contribution in [-0.4, -0.2) is 26.4 Å². The zero-order chi connectivity index (χ0) is 18.4. The summed E-state index contributed by atoms with van der Waals surface area (Å²) in [5.74, 6) is 1.78. The maximum Gasteiger partial charge on any atom is 0.230 e. The van der Waals surface area contributed by atoms with E-state index in [4.69, 9.17) is 4.42 Å². The molecule has 0 unspecified atom stereocenters. The van der Waals surface area contributed by atoms with Crippen LogP contribution in [0.3, 0.4) is 0 Å². The van der Waals surface area contributed by atoms with E-state index >= 15 is 0 Å². The highest BCUT2D eigenvalue weighted by Crippen LogP contribution is 2.28. The van der Waals surface area contributed by atoms with Gasteiger partial charge in [0.15, 0.2) is 11.0 Å². The van der Waals surface area contributed by atoms with Crippen LogP contribution in [-0.2, 0) is 11.3 Å². The predicted molar refractivity (Wildman–Crippen MR) is 102 cm³/mol. The molecule has 0 aliphatic rings. The van der Waals surface area contributed by atoms with Crippen molar-refractivity contribution in [3.63, 3.8) is 0 Å². The Bertz CT molecular complexity index is 831. The van der Waals surface area contributed by atoms with Gasteiger partial charge in [0, 0.05) is 11.6 Å². The molecule has 1 aromatic carbocycles. The minimum absolute atomic E-state index is 0.0636. The molecule has 26 heavy (non-hydrogen) atoms. The second-order valence-electron chi connectivity index (χ2n) is 5.94. The first-order valence-electron chi connectivity index (χ1n) is 8.61. The third kappa shape index (κ3) is 4.35. The maximum absolute atomic E-state index is 12.1. The van der Waals surface area contributed by atoms with E-state index < -0.39 is 0 Å². The molecule has 0 radical (unpaired) electrons. The Morgan fingerprint density at radius 2 is 2.04 bits per heavy atom. The molecule has 0 saturated heterocycles. The van der Waals surface area contributed by atoms with Gasteiger partial charge in [-0.2, -0.15) is 0 Å². The molecule has 0 saturated carbocycles. The number of furan rings is 1. The van der Waals surface area contributed by atoms with Gasteiger partial charge in [-0.25, -0.2) is 0 Å². The van der Waals surface area contributed by atoms with Crippen LogP contribution in [0.5, 0.6) is 0 Å². The molecule has 0 fully saturated rings. The van der Waals surface area contributed by atoms with Crippen LogP contribution < -0.4 is 5.32 Å². The lowest BCUT2D eigenvalue weighted by molar-refractivity contribution is -0.118. The molecule has 1 N–H and O–H groups in total. The first kappa shape index (κ1) is 18.3. The summed E-state index contributed by atoms with van der Waals surface area (Å²) >= 11 is 1.40. The van der Waals surface area contributed by atoms with E-state index in [1.807, 2.05) is 36.4 Å². The second-order valence-corrected chi connectivity index (χ2v) is 6.89. The highest BCUT2D eigenvalue weighted by Gasteiger charge is 2.19. The van der Waals surface area contributed by atoms with Gasteiger partial charge in [0.25, 0.3) is 0 Å². The number of thioether (sulfide) groups is 1. The molecule has 2 heterocycles. The fourth-order valence-electron chi connectivity index (χ4n) is 2.52. The Morgan fingerprint density at radius 3 is 2.73 bits per heavy atom. The van der Waals surface area contributed by atoms with Crippen molar-refractivity contribution < 1.29 is 9.21 Å². The molecular formula is C19H22N4O2S. The van der Waals surface area contributed by atoms with Crippen molar-refractivity contribution in [3.8, 4) is 11.4 Å². The van der Waals surface area contributed by atoms with Crippen molar-refractivity contribution in [1.29, 1.82) is 0 Å². The highest BCUT2D eigenvalue weighted by atomic mass is 32.2. The van der Waals surface area contributed by atoms with Crippen LogP contribution in [0.1, 0.15) is 32.1 Å². The van der Waals surface area contributed by atoms with Crippen molar-refractivity contribution in [1.82, 2.24) is 20.1 Å². The lowest BCUT2D eigenvalue weighted by atomic mass is 10.2. The summed E-state index contributed by atoms with van der Waals surface area (Å²) in [4.78, 5) is 12.1. The standard InChI is InChI=1S/C19H22N4O2S/c1-3-14(2)23-18(15-8-5-4-6-9-15)21-22-19(23)26-13-17(24)20-12-16-10-7-11-25-16/h4-11,14H,3,12-13H2,1-2H3,(H,20,24)/t14-/m0/s1. The van der Waals surface area contributed by atoms with Gasteiger partial charge in [0.05, 0.1) is 18.6 Å². The Morgan fingerprint density at radius 1 is 1.23 bits per heavy atom. The number of benzene rings is 1. The average molecular weight is 370 g/mol. The van der Waals surface area contributed by atoms with Crippen molar-refractivity contribution >= 4 is 17.7 Å². The molecule has 3 rings (SSSR count). The molecule has 7 heteroatoms. The molecule has 136 valence electrons. The van der Waals surface area contributed by atoms with Crippen molar-refractivity contribution in [2.75, 3.05) is 5.75 Å². The lowest BCUT2D eigenvalue weighted by Gasteiger charge is -2.16. The Balaban J connectivity index is 1.69. The number of amides is 1. The summed E-state index contributed by atoms with van der Waals surface area (Å²) in [6.07, 6.45) is 2.55. The number of carbonyl (C=O) groups is 1. The third-order valence-electron chi connectivity index (χ3n) is 4.10. The third-order valence-corrected chi connectivity index (χ3v) is 5.04. The quantitative estimate of drug-likeness (QED) is 0.609. The van der Waals surface area contributed by atoms with E-state index in [1.165, 1.54) is 11.8 Å². The first-order valence-corrected chi connectivity index (χ1v) is 9.59. The fourth-order valence-corrected chi connectivity index (χ4v) is 3.39. The van der Waals surface area contributed by atoms with E-state index in [9.17, 15) is 4.79 Å². The summed E-state index contributed by atoms with van der Waals surface area (Å²) in [5.41, 5.74) is 1.02. The molecule has 1 amide bonds.